The molecule has 1 N–H and O–H groups in total. The van der Waals surface area contributed by atoms with Crippen molar-refractivity contribution in [1.82, 2.24) is 10.2 Å². The van der Waals surface area contributed by atoms with E-state index in [9.17, 15) is 0 Å². The molecule has 3 nitrogen and oxygen atoms in total. The van der Waals surface area contributed by atoms with Crippen molar-refractivity contribution in [2.45, 2.75) is 51.6 Å². The number of methoxy groups -OCH3 is 1. The number of ether oxygens (including phenoxy) is 1. The summed E-state index contributed by atoms with van der Waals surface area (Å²) in [5, 5.41) is 3.51. The number of piperidine rings is 1. The van der Waals surface area contributed by atoms with E-state index in [1.807, 2.05) is 0 Å². The lowest BCUT2D eigenvalue weighted by Gasteiger charge is -2.37. The zero-order chi connectivity index (χ0) is 11.8. The van der Waals surface area contributed by atoms with Crippen LogP contribution in [0.4, 0.5) is 0 Å². The summed E-state index contributed by atoms with van der Waals surface area (Å²) in [4.78, 5) is 2.65. The van der Waals surface area contributed by atoms with Crippen molar-refractivity contribution in [3.63, 3.8) is 0 Å². The lowest BCUT2D eigenvalue weighted by atomic mass is 9.99. The van der Waals surface area contributed by atoms with Gasteiger partial charge in [0.2, 0.25) is 0 Å². The van der Waals surface area contributed by atoms with E-state index >= 15 is 0 Å². The second kappa shape index (κ2) is 8.04. The highest BCUT2D eigenvalue weighted by molar-refractivity contribution is 4.80. The Balaban J connectivity index is 2.40. The molecule has 0 aromatic rings. The largest absolute Gasteiger partial charge is 0.383 e. The number of likely N-dealkylation sites (N-methyl/N-ethyl adjacent to an activating group) is 1. The molecule has 0 bridgehead atoms. The molecule has 2 unspecified atom stereocenters. The molecule has 0 saturated carbocycles. The van der Waals surface area contributed by atoms with Crippen LogP contribution < -0.4 is 5.32 Å². The van der Waals surface area contributed by atoms with E-state index in [4.69, 9.17) is 4.74 Å². The number of likely N-dealkylation sites (tertiary alicyclic amines) is 1. The molecule has 0 aliphatic carbocycles. The molecule has 1 aliphatic rings. The van der Waals surface area contributed by atoms with Gasteiger partial charge in [0.05, 0.1) is 6.61 Å². The molecule has 2 atom stereocenters. The van der Waals surface area contributed by atoms with Gasteiger partial charge in [-0.3, -0.25) is 4.90 Å². The average molecular weight is 228 g/mol. The molecule has 0 amide bonds. The highest BCUT2D eigenvalue weighted by Gasteiger charge is 2.23. The second-order valence-electron chi connectivity index (χ2n) is 4.76. The summed E-state index contributed by atoms with van der Waals surface area (Å²) in [5.74, 6) is 0. The SMILES string of the molecule is CCNC(COC)CN1CCCCC1CC. The Labute approximate surface area is 101 Å². The van der Waals surface area contributed by atoms with Gasteiger partial charge in [0.1, 0.15) is 0 Å². The Kier molecular flexibility index (Phi) is 7.01. The van der Waals surface area contributed by atoms with Gasteiger partial charge in [-0.15, -0.1) is 0 Å². The van der Waals surface area contributed by atoms with Gasteiger partial charge in [-0.05, 0) is 32.4 Å². The Morgan fingerprint density at radius 2 is 2.19 bits per heavy atom. The van der Waals surface area contributed by atoms with Crippen molar-refractivity contribution in [2.75, 3.05) is 33.4 Å². The summed E-state index contributed by atoms with van der Waals surface area (Å²) >= 11 is 0. The zero-order valence-corrected chi connectivity index (χ0v) is 11.2. The highest BCUT2D eigenvalue weighted by atomic mass is 16.5. The summed E-state index contributed by atoms with van der Waals surface area (Å²) in [6.07, 6.45) is 5.43. The molecule has 0 aromatic carbocycles. The first-order valence-corrected chi connectivity index (χ1v) is 6.78. The molecule has 3 heteroatoms. The minimum Gasteiger partial charge on any atom is -0.383 e. The maximum absolute atomic E-state index is 5.28. The van der Waals surface area contributed by atoms with Crippen molar-refractivity contribution < 1.29 is 4.74 Å². The topological polar surface area (TPSA) is 24.5 Å². The standard InChI is InChI=1S/C13H28N2O/c1-4-13-8-6-7-9-15(13)10-12(11-16-3)14-5-2/h12-14H,4-11H2,1-3H3. The van der Waals surface area contributed by atoms with E-state index in [2.05, 4.69) is 24.1 Å². The van der Waals surface area contributed by atoms with Crippen LogP contribution in [-0.2, 0) is 4.74 Å². The predicted molar refractivity (Wildman–Crippen MR) is 68.8 cm³/mol. The second-order valence-corrected chi connectivity index (χ2v) is 4.76. The minimum absolute atomic E-state index is 0.488. The Hall–Kier alpha value is -0.120. The number of hydrogen-bond acceptors (Lipinski definition) is 3. The van der Waals surface area contributed by atoms with E-state index in [0.717, 1.165) is 25.7 Å². The third-order valence-corrected chi connectivity index (χ3v) is 3.54. The van der Waals surface area contributed by atoms with Gasteiger partial charge in [0.25, 0.3) is 0 Å². The first-order chi connectivity index (χ1) is 7.81. The van der Waals surface area contributed by atoms with E-state index < -0.39 is 0 Å². The summed E-state index contributed by atoms with van der Waals surface area (Å²) < 4.78 is 5.28. The Morgan fingerprint density at radius 1 is 1.38 bits per heavy atom. The van der Waals surface area contributed by atoms with Crippen LogP contribution in [0.15, 0.2) is 0 Å². The van der Waals surface area contributed by atoms with Gasteiger partial charge in [0.15, 0.2) is 0 Å². The number of rotatable bonds is 7. The van der Waals surface area contributed by atoms with Crippen molar-refractivity contribution in [2.24, 2.45) is 0 Å². The van der Waals surface area contributed by atoms with Gasteiger partial charge in [0, 0.05) is 25.7 Å². The number of hydrogen-bond donors (Lipinski definition) is 1. The van der Waals surface area contributed by atoms with E-state index in [1.165, 1.54) is 32.2 Å². The van der Waals surface area contributed by atoms with Crippen LogP contribution in [0.3, 0.4) is 0 Å². The highest BCUT2D eigenvalue weighted by Crippen LogP contribution is 2.19. The molecule has 0 aromatic heterocycles. The van der Waals surface area contributed by atoms with Crippen LogP contribution in [0.2, 0.25) is 0 Å². The lowest BCUT2D eigenvalue weighted by molar-refractivity contribution is 0.0962. The van der Waals surface area contributed by atoms with Gasteiger partial charge >= 0.3 is 0 Å². The molecular formula is C13H28N2O. The van der Waals surface area contributed by atoms with Gasteiger partial charge in [-0.25, -0.2) is 0 Å². The first kappa shape index (κ1) is 13.9. The normalized spacial score (nSPS) is 24.6. The van der Waals surface area contributed by atoms with Crippen LogP contribution in [0.5, 0.6) is 0 Å². The van der Waals surface area contributed by atoms with Crippen LogP contribution in [-0.4, -0.2) is 50.3 Å². The molecule has 1 aliphatic heterocycles. The van der Waals surface area contributed by atoms with Gasteiger partial charge < -0.3 is 10.1 Å². The molecule has 0 radical (unpaired) electrons. The van der Waals surface area contributed by atoms with Crippen molar-refractivity contribution >= 4 is 0 Å². The maximum atomic E-state index is 5.28. The van der Waals surface area contributed by atoms with Crippen LogP contribution in [0, 0.1) is 0 Å². The molecule has 1 fully saturated rings. The summed E-state index contributed by atoms with van der Waals surface area (Å²) in [5.41, 5.74) is 0. The summed E-state index contributed by atoms with van der Waals surface area (Å²) in [7, 11) is 1.79. The van der Waals surface area contributed by atoms with Crippen LogP contribution >= 0.6 is 0 Å². The summed E-state index contributed by atoms with van der Waals surface area (Å²) in [6, 6.07) is 1.29. The molecule has 16 heavy (non-hydrogen) atoms. The molecular weight excluding hydrogens is 200 g/mol. The molecule has 1 heterocycles. The minimum atomic E-state index is 0.488. The fourth-order valence-electron chi connectivity index (χ4n) is 2.71. The monoisotopic (exact) mass is 228 g/mol. The van der Waals surface area contributed by atoms with E-state index in [-0.39, 0.29) is 0 Å². The fourth-order valence-corrected chi connectivity index (χ4v) is 2.71. The zero-order valence-electron chi connectivity index (χ0n) is 11.2. The Morgan fingerprint density at radius 3 is 2.81 bits per heavy atom. The molecule has 1 saturated heterocycles. The quantitative estimate of drug-likeness (QED) is 0.720. The van der Waals surface area contributed by atoms with Crippen LogP contribution in [0.1, 0.15) is 39.5 Å². The maximum Gasteiger partial charge on any atom is 0.0628 e. The smallest absolute Gasteiger partial charge is 0.0628 e. The third kappa shape index (κ3) is 4.40. The van der Waals surface area contributed by atoms with Crippen molar-refractivity contribution in [3.05, 3.63) is 0 Å². The molecule has 96 valence electrons. The fraction of sp³-hybridized carbons (Fsp3) is 1.00. The first-order valence-electron chi connectivity index (χ1n) is 6.78. The third-order valence-electron chi connectivity index (χ3n) is 3.54. The average Bonchev–Trinajstić information content (AvgIpc) is 2.30. The molecule has 0 spiro atoms. The number of nitrogens with one attached hydrogen (secondary N) is 1. The predicted octanol–water partition coefficient (Wildman–Crippen LogP) is 1.88. The molecule has 1 rings (SSSR count). The number of nitrogens with zero attached hydrogens (tertiary/aromatic N) is 1. The van der Waals surface area contributed by atoms with Gasteiger partial charge in [-0.1, -0.05) is 20.3 Å². The van der Waals surface area contributed by atoms with E-state index in [1.54, 1.807) is 7.11 Å². The lowest BCUT2D eigenvalue weighted by Crippen LogP contribution is -2.49. The van der Waals surface area contributed by atoms with Crippen molar-refractivity contribution in [3.8, 4) is 0 Å². The van der Waals surface area contributed by atoms with E-state index in [0.29, 0.717) is 6.04 Å². The van der Waals surface area contributed by atoms with Crippen LogP contribution in [0.25, 0.3) is 0 Å². The Bertz CT molecular complexity index is 169. The van der Waals surface area contributed by atoms with Crippen molar-refractivity contribution in [1.29, 1.82) is 0 Å². The van der Waals surface area contributed by atoms with Gasteiger partial charge in [-0.2, -0.15) is 0 Å². The summed E-state index contributed by atoms with van der Waals surface area (Å²) in [6.45, 7) is 8.72.